The van der Waals surface area contributed by atoms with Crippen LogP contribution in [0.25, 0.3) is 0 Å². The van der Waals surface area contributed by atoms with Crippen LogP contribution in [-0.4, -0.2) is 29.8 Å². The largest absolute Gasteiger partial charge is 0.301 e. The number of hydrogen-bond acceptors (Lipinski definition) is 3. The van der Waals surface area contributed by atoms with Gasteiger partial charge in [0.15, 0.2) is 0 Å². The molecule has 90 valence electrons. The van der Waals surface area contributed by atoms with Crippen molar-refractivity contribution < 1.29 is 9.59 Å². The van der Waals surface area contributed by atoms with E-state index in [1.54, 1.807) is 6.07 Å². The number of carbonyl (C=O) groups excluding carboxylic acids is 2. The van der Waals surface area contributed by atoms with E-state index in [9.17, 15) is 9.59 Å². The number of nitrogens with one attached hydrogen (secondary N) is 1. The second kappa shape index (κ2) is 4.85. The zero-order chi connectivity index (χ0) is 12.4. The third-order valence-electron chi connectivity index (χ3n) is 2.88. The minimum atomic E-state index is -0.427. The fourth-order valence-corrected chi connectivity index (χ4v) is 1.99. The second-order valence-electron chi connectivity index (χ2n) is 4.02. The maximum Gasteiger partial charge on any atom is 0.246 e. The van der Waals surface area contributed by atoms with Gasteiger partial charge in [-0.05, 0) is 11.6 Å². The first-order valence-electron chi connectivity index (χ1n) is 5.37. The molecular weight excluding hydrogens is 240 g/mol. The Balaban J connectivity index is 1.98. The van der Waals surface area contributed by atoms with Gasteiger partial charge in [-0.1, -0.05) is 29.8 Å². The standard InChI is InChI=1S/C12H13ClN2O2/c1-15-11(16)6-10(12(15)17)14-7-8-4-2-3-5-9(8)13/h2-5,10,14H,6-7H2,1H3. The molecule has 1 atom stereocenters. The predicted molar refractivity (Wildman–Crippen MR) is 64.5 cm³/mol. The summed E-state index contributed by atoms with van der Waals surface area (Å²) in [7, 11) is 1.50. The smallest absolute Gasteiger partial charge is 0.246 e. The average molecular weight is 253 g/mol. The van der Waals surface area contributed by atoms with E-state index in [1.165, 1.54) is 7.05 Å². The van der Waals surface area contributed by atoms with Gasteiger partial charge in [0.2, 0.25) is 11.8 Å². The molecule has 5 heteroatoms. The molecular formula is C12H13ClN2O2. The van der Waals surface area contributed by atoms with Gasteiger partial charge in [-0.3, -0.25) is 14.5 Å². The summed E-state index contributed by atoms with van der Waals surface area (Å²) in [6.07, 6.45) is 0.222. The molecule has 2 amide bonds. The predicted octanol–water partition coefficient (Wildman–Crippen LogP) is 1.19. The Kier molecular flexibility index (Phi) is 3.45. The molecule has 0 saturated carbocycles. The van der Waals surface area contributed by atoms with Crippen LogP contribution in [0.3, 0.4) is 0 Å². The summed E-state index contributed by atoms with van der Waals surface area (Å²) in [5.41, 5.74) is 0.920. The quantitative estimate of drug-likeness (QED) is 0.822. The van der Waals surface area contributed by atoms with Gasteiger partial charge in [0, 0.05) is 18.6 Å². The van der Waals surface area contributed by atoms with E-state index >= 15 is 0 Å². The Morgan fingerprint density at radius 2 is 2.12 bits per heavy atom. The first-order chi connectivity index (χ1) is 8.09. The van der Waals surface area contributed by atoms with Crippen LogP contribution < -0.4 is 5.32 Å². The van der Waals surface area contributed by atoms with Gasteiger partial charge in [0.05, 0.1) is 12.5 Å². The van der Waals surface area contributed by atoms with Crippen molar-refractivity contribution in [1.82, 2.24) is 10.2 Å². The first-order valence-corrected chi connectivity index (χ1v) is 5.74. The third kappa shape index (κ3) is 2.48. The summed E-state index contributed by atoms with van der Waals surface area (Å²) in [6.45, 7) is 0.483. The Hall–Kier alpha value is -1.39. The molecule has 1 N–H and O–H groups in total. The van der Waals surface area contributed by atoms with Gasteiger partial charge in [-0.25, -0.2) is 0 Å². The number of amides is 2. The summed E-state index contributed by atoms with van der Waals surface area (Å²) in [5, 5.41) is 3.71. The maximum absolute atomic E-state index is 11.6. The topological polar surface area (TPSA) is 49.4 Å². The van der Waals surface area contributed by atoms with Gasteiger partial charge in [0.1, 0.15) is 0 Å². The summed E-state index contributed by atoms with van der Waals surface area (Å²) >= 11 is 6.00. The molecule has 1 heterocycles. The lowest BCUT2D eigenvalue weighted by Crippen LogP contribution is -2.36. The fourth-order valence-electron chi connectivity index (χ4n) is 1.79. The molecule has 0 aromatic heterocycles. The van der Waals surface area contributed by atoms with Gasteiger partial charge < -0.3 is 5.32 Å². The molecule has 0 radical (unpaired) electrons. The van der Waals surface area contributed by atoms with Crippen molar-refractivity contribution in [2.24, 2.45) is 0 Å². The number of likely N-dealkylation sites (tertiary alicyclic amines) is 1. The highest BCUT2D eigenvalue weighted by Gasteiger charge is 2.35. The second-order valence-corrected chi connectivity index (χ2v) is 4.43. The van der Waals surface area contributed by atoms with E-state index in [-0.39, 0.29) is 18.2 Å². The van der Waals surface area contributed by atoms with Crippen molar-refractivity contribution in [2.75, 3.05) is 7.05 Å². The fraction of sp³-hybridized carbons (Fsp3) is 0.333. The molecule has 1 unspecified atom stereocenters. The van der Waals surface area contributed by atoms with Gasteiger partial charge in [-0.2, -0.15) is 0 Å². The lowest BCUT2D eigenvalue weighted by Gasteiger charge is -2.11. The van der Waals surface area contributed by atoms with Crippen molar-refractivity contribution in [3.8, 4) is 0 Å². The molecule has 1 fully saturated rings. The Morgan fingerprint density at radius 1 is 1.41 bits per heavy atom. The Morgan fingerprint density at radius 3 is 2.71 bits per heavy atom. The summed E-state index contributed by atoms with van der Waals surface area (Å²) < 4.78 is 0. The van der Waals surface area contributed by atoms with Crippen LogP contribution in [0.1, 0.15) is 12.0 Å². The average Bonchev–Trinajstić information content (AvgIpc) is 2.56. The molecule has 1 aliphatic rings. The Bertz CT molecular complexity index is 462. The number of benzene rings is 1. The Labute approximate surface area is 105 Å². The normalized spacial score (nSPS) is 20.1. The summed E-state index contributed by atoms with van der Waals surface area (Å²) in [5.74, 6) is -0.325. The van der Waals surface area contributed by atoms with Crippen molar-refractivity contribution >= 4 is 23.4 Å². The number of nitrogens with zero attached hydrogens (tertiary/aromatic N) is 1. The van der Waals surface area contributed by atoms with Gasteiger partial charge in [0.25, 0.3) is 0 Å². The van der Waals surface area contributed by atoms with Crippen LogP contribution in [0.2, 0.25) is 5.02 Å². The van der Waals surface area contributed by atoms with Crippen LogP contribution in [0.4, 0.5) is 0 Å². The van der Waals surface area contributed by atoms with Gasteiger partial charge >= 0.3 is 0 Å². The van der Waals surface area contributed by atoms with E-state index in [0.717, 1.165) is 10.5 Å². The molecule has 1 aromatic rings. The molecule has 2 rings (SSSR count). The lowest BCUT2D eigenvalue weighted by molar-refractivity contribution is -0.137. The number of rotatable bonds is 3. The van der Waals surface area contributed by atoms with Crippen molar-refractivity contribution in [3.63, 3.8) is 0 Å². The van der Waals surface area contributed by atoms with E-state index in [1.807, 2.05) is 18.2 Å². The summed E-state index contributed by atoms with van der Waals surface area (Å²) in [6, 6.07) is 7.00. The zero-order valence-electron chi connectivity index (χ0n) is 9.44. The number of likely N-dealkylation sites (N-methyl/N-ethyl adjacent to an activating group) is 1. The zero-order valence-corrected chi connectivity index (χ0v) is 10.2. The molecule has 0 spiro atoms. The van der Waals surface area contributed by atoms with E-state index in [0.29, 0.717) is 11.6 Å². The number of imide groups is 1. The monoisotopic (exact) mass is 252 g/mol. The van der Waals surface area contributed by atoms with Crippen LogP contribution in [0, 0.1) is 0 Å². The van der Waals surface area contributed by atoms with Crippen molar-refractivity contribution in [3.05, 3.63) is 34.9 Å². The molecule has 1 saturated heterocycles. The first kappa shape index (κ1) is 12.1. The van der Waals surface area contributed by atoms with E-state index < -0.39 is 6.04 Å². The van der Waals surface area contributed by atoms with Gasteiger partial charge in [-0.15, -0.1) is 0 Å². The minimum Gasteiger partial charge on any atom is -0.301 e. The number of carbonyl (C=O) groups is 2. The minimum absolute atomic E-state index is 0.147. The van der Waals surface area contributed by atoms with Crippen LogP contribution >= 0.6 is 11.6 Å². The highest BCUT2D eigenvalue weighted by Crippen LogP contribution is 2.16. The molecule has 1 aliphatic heterocycles. The lowest BCUT2D eigenvalue weighted by atomic mass is 10.2. The number of halogens is 1. The van der Waals surface area contributed by atoms with Crippen molar-refractivity contribution in [2.45, 2.75) is 19.0 Å². The van der Waals surface area contributed by atoms with Crippen LogP contribution in [0.5, 0.6) is 0 Å². The molecule has 1 aromatic carbocycles. The van der Waals surface area contributed by atoms with Crippen LogP contribution in [-0.2, 0) is 16.1 Å². The molecule has 0 bridgehead atoms. The SMILES string of the molecule is CN1C(=O)CC(NCc2ccccc2Cl)C1=O. The van der Waals surface area contributed by atoms with E-state index in [2.05, 4.69) is 5.32 Å². The highest BCUT2D eigenvalue weighted by atomic mass is 35.5. The highest BCUT2D eigenvalue weighted by molar-refractivity contribution is 6.31. The number of hydrogen-bond donors (Lipinski definition) is 1. The summed E-state index contributed by atoms with van der Waals surface area (Å²) in [4.78, 5) is 24.1. The third-order valence-corrected chi connectivity index (χ3v) is 3.25. The molecule has 0 aliphatic carbocycles. The molecule has 4 nitrogen and oxygen atoms in total. The molecule has 17 heavy (non-hydrogen) atoms. The maximum atomic E-state index is 11.6. The van der Waals surface area contributed by atoms with E-state index in [4.69, 9.17) is 11.6 Å². The van der Waals surface area contributed by atoms with Crippen molar-refractivity contribution in [1.29, 1.82) is 0 Å². The van der Waals surface area contributed by atoms with Crippen LogP contribution in [0.15, 0.2) is 24.3 Å².